The van der Waals surface area contributed by atoms with Gasteiger partial charge >= 0.3 is 11.5 Å². The van der Waals surface area contributed by atoms with Crippen LogP contribution in [0.15, 0.2) is 95.9 Å². The summed E-state index contributed by atoms with van der Waals surface area (Å²) in [7, 11) is 0. The van der Waals surface area contributed by atoms with Gasteiger partial charge in [-0.2, -0.15) is 13.2 Å². The molecule has 4 aromatic carbocycles. The molecule has 5 rings (SSSR count). The summed E-state index contributed by atoms with van der Waals surface area (Å²) in [4.78, 5) is 27.0. The van der Waals surface area contributed by atoms with E-state index in [1.165, 1.54) is 12.1 Å². The maximum Gasteiger partial charge on any atom is 0.446 e. The minimum absolute atomic E-state index is 0.100. The summed E-state index contributed by atoms with van der Waals surface area (Å²) in [5, 5.41) is 12.5. The molecule has 1 atom stereocenters. The van der Waals surface area contributed by atoms with Crippen molar-refractivity contribution in [1.29, 1.82) is 0 Å². The molecule has 216 valence electrons. The Morgan fingerprint density at radius 3 is 2.38 bits per heavy atom. The zero-order chi connectivity index (χ0) is 29.9. The van der Waals surface area contributed by atoms with Crippen LogP contribution < -0.4 is 10.2 Å². The number of nitrogens with one attached hydrogen (secondary N) is 1. The van der Waals surface area contributed by atoms with Gasteiger partial charge in [-0.15, -0.1) is 0 Å². The maximum atomic E-state index is 13.0. The predicted molar refractivity (Wildman–Crippen MR) is 159 cm³/mol. The number of hydrogen-bond donors (Lipinski definition) is 2. The fourth-order valence-corrected chi connectivity index (χ4v) is 5.77. The van der Waals surface area contributed by atoms with Crippen molar-refractivity contribution in [1.82, 2.24) is 5.32 Å². The van der Waals surface area contributed by atoms with E-state index in [4.69, 9.17) is 0 Å². The van der Waals surface area contributed by atoms with Crippen LogP contribution in [0.4, 0.5) is 18.9 Å². The lowest BCUT2D eigenvalue weighted by Crippen LogP contribution is -2.30. The lowest BCUT2D eigenvalue weighted by molar-refractivity contribution is -0.0328. The van der Waals surface area contributed by atoms with Crippen LogP contribution in [-0.4, -0.2) is 29.0 Å². The standard InChI is InChI=1S/C33H29F3N2O3S/c1-21(23-12-15-27(16-13-23)42-33(34,35)36)37-31(39)26-14-17-30-25(19-26)5-4-18-38(30)20-22-8-10-24(11-9-22)28-6-2-3-7-29(28)32(40)41/h2-3,6-17,19,21H,4-5,18,20H2,1H3,(H,37,39)(H,40,41). The maximum absolute atomic E-state index is 13.0. The molecule has 0 radical (unpaired) electrons. The van der Waals surface area contributed by atoms with Crippen molar-refractivity contribution < 1.29 is 27.9 Å². The van der Waals surface area contributed by atoms with Crippen LogP contribution in [0, 0.1) is 0 Å². The lowest BCUT2D eigenvalue weighted by atomic mass is 9.97. The van der Waals surface area contributed by atoms with Crippen LogP contribution in [0.5, 0.6) is 0 Å². The Morgan fingerprint density at radius 2 is 1.69 bits per heavy atom. The molecule has 0 saturated carbocycles. The number of fused-ring (bicyclic) bond motifs is 1. The number of carbonyl (C=O) groups excluding carboxylic acids is 1. The van der Waals surface area contributed by atoms with E-state index in [-0.39, 0.29) is 34.2 Å². The zero-order valence-electron chi connectivity index (χ0n) is 22.8. The van der Waals surface area contributed by atoms with Crippen LogP contribution in [-0.2, 0) is 13.0 Å². The lowest BCUT2D eigenvalue weighted by Gasteiger charge is -2.32. The minimum atomic E-state index is -4.34. The van der Waals surface area contributed by atoms with Crippen molar-refractivity contribution in [2.45, 2.75) is 42.8 Å². The Labute approximate surface area is 246 Å². The molecular formula is C33H29F3N2O3S. The van der Waals surface area contributed by atoms with Gasteiger partial charge in [0.05, 0.1) is 11.6 Å². The van der Waals surface area contributed by atoms with Crippen molar-refractivity contribution in [2.24, 2.45) is 0 Å². The second-order valence-electron chi connectivity index (χ2n) is 10.2. The number of carbonyl (C=O) groups is 2. The molecule has 0 aliphatic carbocycles. The number of carboxylic acids is 1. The van der Waals surface area contributed by atoms with Crippen molar-refractivity contribution in [3.63, 3.8) is 0 Å². The van der Waals surface area contributed by atoms with Gasteiger partial charge in [0, 0.05) is 29.2 Å². The van der Waals surface area contributed by atoms with Gasteiger partial charge < -0.3 is 15.3 Å². The first-order valence-corrected chi connectivity index (χ1v) is 14.3. The molecule has 2 N–H and O–H groups in total. The van der Waals surface area contributed by atoms with Crippen molar-refractivity contribution >= 4 is 29.3 Å². The summed E-state index contributed by atoms with van der Waals surface area (Å²) in [6.07, 6.45) is 1.80. The van der Waals surface area contributed by atoms with Crippen molar-refractivity contribution in [2.75, 3.05) is 11.4 Å². The van der Waals surface area contributed by atoms with E-state index in [9.17, 15) is 27.9 Å². The molecule has 4 aromatic rings. The molecule has 9 heteroatoms. The van der Waals surface area contributed by atoms with Gasteiger partial charge in [-0.05, 0) is 95.7 Å². The summed E-state index contributed by atoms with van der Waals surface area (Å²) in [5.41, 5.74) is 1.95. The highest BCUT2D eigenvalue weighted by Crippen LogP contribution is 2.37. The Bertz CT molecular complexity index is 1590. The number of anilines is 1. The fourth-order valence-electron chi connectivity index (χ4n) is 5.23. The van der Waals surface area contributed by atoms with E-state index < -0.39 is 11.5 Å². The van der Waals surface area contributed by atoms with Gasteiger partial charge in [0.25, 0.3) is 5.91 Å². The number of aryl methyl sites for hydroxylation is 1. The molecule has 0 bridgehead atoms. The average Bonchev–Trinajstić information content (AvgIpc) is 2.97. The number of carboxylic acid groups (broad SMARTS) is 1. The Morgan fingerprint density at radius 1 is 0.976 bits per heavy atom. The highest BCUT2D eigenvalue weighted by Gasteiger charge is 2.29. The normalized spacial score (nSPS) is 13.8. The zero-order valence-corrected chi connectivity index (χ0v) is 23.6. The summed E-state index contributed by atoms with van der Waals surface area (Å²) < 4.78 is 37.8. The van der Waals surface area contributed by atoms with Crippen molar-refractivity contribution in [3.8, 4) is 11.1 Å². The average molecular weight is 591 g/mol. The summed E-state index contributed by atoms with van der Waals surface area (Å²) in [6, 6.07) is 26.2. The van der Waals surface area contributed by atoms with E-state index in [0.29, 0.717) is 17.7 Å². The summed E-state index contributed by atoms with van der Waals surface area (Å²) in [6.45, 7) is 3.36. The highest BCUT2D eigenvalue weighted by atomic mass is 32.2. The number of nitrogens with zero attached hydrogens (tertiary/aromatic N) is 1. The molecule has 0 saturated heterocycles. The van der Waals surface area contributed by atoms with Crippen LogP contribution in [0.1, 0.15) is 56.8 Å². The number of halogens is 3. The fraction of sp³-hybridized carbons (Fsp3) is 0.212. The van der Waals surface area contributed by atoms with Gasteiger partial charge in [-0.3, -0.25) is 4.79 Å². The first-order valence-electron chi connectivity index (χ1n) is 13.5. The molecule has 1 aliphatic heterocycles. The molecule has 1 amide bonds. The molecule has 1 aliphatic rings. The number of aromatic carboxylic acids is 1. The molecule has 0 fully saturated rings. The SMILES string of the molecule is CC(NC(=O)c1ccc2c(c1)CCCN2Cc1ccc(-c2ccccc2C(=O)O)cc1)c1ccc(SC(F)(F)F)cc1. The van der Waals surface area contributed by atoms with E-state index in [0.717, 1.165) is 47.3 Å². The first-order chi connectivity index (χ1) is 20.1. The number of amides is 1. The molecule has 42 heavy (non-hydrogen) atoms. The minimum Gasteiger partial charge on any atom is -0.478 e. The number of alkyl halides is 3. The highest BCUT2D eigenvalue weighted by molar-refractivity contribution is 8.00. The van der Waals surface area contributed by atoms with Gasteiger partial charge in [-0.25, -0.2) is 4.79 Å². The number of thioether (sulfide) groups is 1. The van der Waals surface area contributed by atoms with E-state index in [2.05, 4.69) is 10.2 Å². The Balaban J connectivity index is 1.25. The number of rotatable bonds is 8. The Hall–Kier alpha value is -4.24. The van der Waals surface area contributed by atoms with Gasteiger partial charge in [0.1, 0.15) is 0 Å². The molecule has 5 nitrogen and oxygen atoms in total. The summed E-state index contributed by atoms with van der Waals surface area (Å²) >= 11 is -0.164. The third kappa shape index (κ3) is 6.97. The predicted octanol–water partition coefficient (Wildman–Crippen LogP) is 8.11. The molecular weight excluding hydrogens is 561 g/mol. The van der Waals surface area contributed by atoms with E-state index >= 15 is 0 Å². The van der Waals surface area contributed by atoms with Crippen LogP contribution in [0.25, 0.3) is 11.1 Å². The van der Waals surface area contributed by atoms with Gasteiger partial charge in [-0.1, -0.05) is 54.6 Å². The quantitative estimate of drug-likeness (QED) is 0.203. The van der Waals surface area contributed by atoms with Crippen LogP contribution >= 0.6 is 11.8 Å². The van der Waals surface area contributed by atoms with Gasteiger partial charge in [0.15, 0.2) is 0 Å². The van der Waals surface area contributed by atoms with Gasteiger partial charge in [0.2, 0.25) is 0 Å². The van der Waals surface area contributed by atoms with E-state index in [1.807, 2.05) is 42.5 Å². The number of benzene rings is 4. The van der Waals surface area contributed by atoms with E-state index in [1.54, 1.807) is 43.3 Å². The molecule has 1 unspecified atom stereocenters. The molecule has 0 aromatic heterocycles. The molecule has 1 heterocycles. The monoisotopic (exact) mass is 590 g/mol. The smallest absolute Gasteiger partial charge is 0.446 e. The summed E-state index contributed by atoms with van der Waals surface area (Å²) in [5.74, 6) is -1.20. The topological polar surface area (TPSA) is 69.6 Å². The largest absolute Gasteiger partial charge is 0.478 e. The van der Waals surface area contributed by atoms with Crippen LogP contribution in [0.3, 0.4) is 0 Å². The number of hydrogen-bond acceptors (Lipinski definition) is 4. The third-order valence-corrected chi connectivity index (χ3v) is 8.05. The van der Waals surface area contributed by atoms with Crippen LogP contribution in [0.2, 0.25) is 0 Å². The first kappa shape index (κ1) is 29.3. The second-order valence-corrected chi connectivity index (χ2v) is 11.4. The molecule has 0 spiro atoms. The van der Waals surface area contributed by atoms with Crippen molar-refractivity contribution in [3.05, 3.63) is 119 Å². The Kier molecular flexibility index (Phi) is 8.59. The second kappa shape index (κ2) is 12.3. The third-order valence-electron chi connectivity index (χ3n) is 7.31.